The van der Waals surface area contributed by atoms with E-state index < -0.39 is 0 Å². The molecule has 0 spiro atoms. The maximum absolute atomic E-state index is 12.2. The van der Waals surface area contributed by atoms with Gasteiger partial charge in [-0.1, -0.05) is 0 Å². The molecule has 1 fully saturated rings. The predicted molar refractivity (Wildman–Crippen MR) is 78.6 cm³/mol. The van der Waals surface area contributed by atoms with E-state index in [0.29, 0.717) is 18.2 Å². The lowest BCUT2D eigenvalue weighted by Gasteiger charge is -2.23. The Morgan fingerprint density at radius 2 is 2.26 bits per heavy atom. The summed E-state index contributed by atoms with van der Waals surface area (Å²) in [5.74, 6) is -0.0245. The Labute approximate surface area is 119 Å². The van der Waals surface area contributed by atoms with Crippen molar-refractivity contribution >= 4 is 17.7 Å². The molecule has 19 heavy (non-hydrogen) atoms. The molecule has 1 aromatic heterocycles. The van der Waals surface area contributed by atoms with Crippen molar-refractivity contribution in [2.45, 2.75) is 30.8 Å². The zero-order valence-electron chi connectivity index (χ0n) is 11.6. The molecule has 1 amide bonds. The van der Waals surface area contributed by atoms with E-state index in [4.69, 9.17) is 0 Å². The lowest BCUT2D eigenvalue weighted by Crippen LogP contribution is -2.40. The quantitative estimate of drug-likeness (QED) is 0.838. The van der Waals surface area contributed by atoms with Gasteiger partial charge in [0.05, 0.1) is 5.56 Å². The van der Waals surface area contributed by atoms with Crippen LogP contribution in [0.3, 0.4) is 0 Å². The van der Waals surface area contributed by atoms with Gasteiger partial charge in [0.25, 0.3) is 5.91 Å². The maximum Gasteiger partial charge on any atom is 0.254 e. The predicted octanol–water partition coefficient (Wildman–Crippen LogP) is 2.02. The first-order chi connectivity index (χ1) is 9.22. The molecule has 1 N–H and O–H groups in total. The molecule has 104 valence electrons. The zero-order valence-corrected chi connectivity index (χ0v) is 12.4. The van der Waals surface area contributed by atoms with Gasteiger partial charge in [0.15, 0.2) is 0 Å². The molecular weight excluding hydrogens is 258 g/mol. The summed E-state index contributed by atoms with van der Waals surface area (Å²) >= 11 is 1.50. The van der Waals surface area contributed by atoms with Gasteiger partial charge in [-0.3, -0.25) is 9.69 Å². The van der Waals surface area contributed by atoms with Crippen LogP contribution in [0.25, 0.3) is 0 Å². The number of aromatic nitrogens is 1. The second kappa shape index (κ2) is 6.91. The van der Waals surface area contributed by atoms with Crippen LogP contribution in [-0.4, -0.2) is 47.7 Å². The summed E-state index contributed by atoms with van der Waals surface area (Å²) in [5.41, 5.74) is 0.670. The molecular formula is C14H21N3OS. The highest BCUT2D eigenvalue weighted by molar-refractivity contribution is 7.98. The number of pyridine rings is 1. The van der Waals surface area contributed by atoms with E-state index >= 15 is 0 Å². The van der Waals surface area contributed by atoms with Crippen LogP contribution in [-0.2, 0) is 0 Å². The Morgan fingerprint density at radius 1 is 1.53 bits per heavy atom. The van der Waals surface area contributed by atoms with Crippen LogP contribution in [0.15, 0.2) is 23.4 Å². The highest BCUT2D eigenvalue weighted by Gasteiger charge is 2.19. The fourth-order valence-corrected chi connectivity index (χ4v) is 2.92. The molecule has 1 atom stereocenters. The number of hydrogen-bond donors (Lipinski definition) is 1. The maximum atomic E-state index is 12.2. The second-order valence-electron chi connectivity index (χ2n) is 4.86. The zero-order chi connectivity index (χ0) is 13.7. The van der Waals surface area contributed by atoms with Gasteiger partial charge in [0, 0.05) is 18.8 Å². The Morgan fingerprint density at radius 3 is 2.95 bits per heavy atom. The summed E-state index contributed by atoms with van der Waals surface area (Å²) in [5, 5.41) is 3.80. The van der Waals surface area contributed by atoms with E-state index in [-0.39, 0.29) is 5.91 Å². The average molecular weight is 279 g/mol. The number of likely N-dealkylation sites (tertiary alicyclic amines) is 1. The van der Waals surface area contributed by atoms with E-state index in [0.717, 1.165) is 18.1 Å². The summed E-state index contributed by atoms with van der Waals surface area (Å²) < 4.78 is 0. The summed E-state index contributed by atoms with van der Waals surface area (Å²) in [4.78, 5) is 18.8. The number of carbonyl (C=O) groups is 1. The highest BCUT2D eigenvalue weighted by Crippen LogP contribution is 2.16. The standard InChI is InChI=1S/C14H21N3OS/c1-11(17-8-3-4-9-17)10-16-13(18)12-6-5-7-15-14(12)19-2/h5-7,11H,3-4,8-10H2,1-2H3,(H,16,18). The molecule has 4 nitrogen and oxygen atoms in total. The third-order valence-corrected chi connectivity index (χ3v) is 4.24. The second-order valence-corrected chi connectivity index (χ2v) is 5.66. The van der Waals surface area contributed by atoms with E-state index in [1.54, 1.807) is 12.3 Å². The van der Waals surface area contributed by atoms with Crippen LogP contribution in [0.1, 0.15) is 30.1 Å². The number of amides is 1. The summed E-state index contributed by atoms with van der Waals surface area (Å²) in [6.45, 7) is 5.17. The number of rotatable bonds is 5. The van der Waals surface area contributed by atoms with E-state index in [2.05, 4.69) is 22.1 Å². The van der Waals surface area contributed by atoms with Crippen LogP contribution in [0.5, 0.6) is 0 Å². The molecule has 0 aliphatic carbocycles. The van der Waals surface area contributed by atoms with Crippen LogP contribution < -0.4 is 5.32 Å². The van der Waals surface area contributed by atoms with E-state index in [9.17, 15) is 4.79 Å². The van der Waals surface area contributed by atoms with Gasteiger partial charge >= 0.3 is 0 Å². The molecule has 0 radical (unpaired) electrons. The fourth-order valence-electron chi connectivity index (χ4n) is 2.37. The smallest absolute Gasteiger partial charge is 0.254 e. The highest BCUT2D eigenvalue weighted by atomic mass is 32.2. The van der Waals surface area contributed by atoms with Crippen molar-refractivity contribution in [2.24, 2.45) is 0 Å². The minimum atomic E-state index is -0.0245. The Kier molecular flexibility index (Phi) is 5.22. The van der Waals surface area contributed by atoms with Gasteiger partial charge in [-0.25, -0.2) is 4.98 Å². The lowest BCUT2D eigenvalue weighted by molar-refractivity contribution is 0.0936. The Bertz CT molecular complexity index is 432. The summed E-state index contributed by atoms with van der Waals surface area (Å²) in [6, 6.07) is 4.04. The van der Waals surface area contributed by atoms with Crippen molar-refractivity contribution in [1.82, 2.24) is 15.2 Å². The van der Waals surface area contributed by atoms with Gasteiger partial charge in [0.1, 0.15) is 5.03 Å². The number of hydrogen-bond acceptors (Lipinski definition) is 4. The van der Waals surface area contributed by atoms with Crippen molar-refractivity contribution in [2.75, 3.05) is 25.9 Å². The normalized spacial score (nSPS) is 17.4. The molecule has 1 aliphatic heterocycles. The first-order valence-electron chi connectivity index (χ1n) is 6.73. The van der Waals surface area contributed by atoms with Crippen molar-refractivity contribution in [1.29, 1.82) is 0 Å². The topological polar surface area (TPSA) is 45.2 Å². The largest absolute Gasteiger partial charge is 0.350 e. The van der Waals surface area contributed by atoms with Crippen molar-refractivity contribution in [3.8, 4) is 0 Å². The molecule has 2 heterocycles. The molecule has 1 aliphatic rings. The van der Waals surface area contributed by atoms with Gasteiger partial charge in [-0.15, -0.1) is 11.8 Å². The fraction of sp³-hybridized carbons (Fsp3) is 0.571. The van der Waals surface area contributed by atoms with Crippen LogP contribution >= 0.6 is 11.8 Å². The molecule has 5 heteroatoms. The van der Waals surface area contributed by atoms with Crippen molar-refractivity contribution in [3.63, 3.8) is 0 Å². The van der Waals surface area contributed by atoms with E-state index in [1.165, 1.54) is 24.6 Å². The minimum absolute atomic E-state index is 0.0245. The average Bonchev–Trinajstić information content (AvgIpc) is 2.98. The number of thioether (sulfide) groups is 1. The number of carbonyl (C=O) groups excluding carboxylic acids is 1. The SMILES string of the molecule is CSc1ncccc1C(=O)NCC(C)N1CCCC1. The molecule has 0 saturated carbocycles. The molecule has 1 saturated heterocycles. The third kappa shape index (κ3) is 3.70. The molecule has 1 aromatic rings. The van der Waals surface area contributed by atoms with Gasteiger partial charge in [-0.05, 0) is 51.2 Å². The van der Waals surface area contributed by atoms with Crippen LogP contribution in [0, 0.1) is 0 Å². The van der Waals surface area contributed by atoms with Crippen LogP contribution in [0.4, 0.5) is 0 Å². The monoisotopic (exact) mass is 279 g/mol. The van der Waals surface area contributed by atoms with Crippen LogP contribution in [0.2, 0.25) is 0 Å². The lowest BCUT2D eigenvalue weighted by atomic mass is 10.2. The Balaban J connectivity index is 1.90. The minimum Gasteiger partial charge on any atom is -0.350 e. The summed E-state index contributed by atoms with van der Waals surface area (Å²) in [6.07, 6.45) is 6.20. The molecule has 0 aromatic carbocycles. The summed E-state index contributed by atoms with van der Waals surface area (Å²) in [7, 11) is 0. The first kappa shape index (κ1) is 14.3. The number of nitrogens with one attached hydrogen (secondary N) is 1. The third-order valence-electron chi connectivity index (χ3n) is 3.53. The molecule has 1 unspecified atom stereocenters. The molecule has 2 rings (SSSR count). The van der Waals surface area contributed by atoms with Gasteiger partial charge < -0.3 is 5.32 Å². The van der Waals surface area contributed by atoms with Gasteiger partial charge in [0.2, 0.25) is 0 Å². The Hall–Kier alpha value is -1.07. The van der Waals surface area contributed by atoms with Crippen molar-refractivity contribution < 1.29 is 4.79 Å². The first-order valence-corrected chi connectivity index (χ1v) is 7.96. The van der Waals surface area contributed by atoms with E-state index in [1.807, 2.05) is 12.3 Å². The van der Waals surface area contributed by atoms with Crippen molar-refractivity contribution in [3.05, 3.63) is 23.9 Å². The molecule has 0 bridgehead atoms. The number of nitrogens with zero attached hydrogens (tertiary/aromatic N) is 2. The van der Waals surface area contributed by atoms with Gasteiger partial charge in [-0.2, -0.15) is 0 Å².